The van der Waals surface area contributed by atoms with Crippen LogP contribution in [0.4, 0.5) is 0 Å². The van der Waals surface area contributed by atoms with Gasteiger partial charge in [-0.25, -0.2) is 0 Å². The first-order valence-electron chi connectivity index (χ1n) is 19.4. The fraction of sp³-hybridized carbons (Fsp3) is 0.0545. The molecule has 0 saturated carbocycles. The normalized spacial score (nSPS) is 13.1. The third-order valence-electron chi connectivity index (χ3n) is 12.2. The molecule has 10 aromatic carbocycles. The number of hydrogen-bond acceptors (Lipinski definition) is 0. The average Bonchev–Trinajstić information content (AvgIpc) is 3.47. The minimum absolute atomic E-state index is 0.0962. The van der Waals surface area contributed by atoms with Crippen LogP contribution in [0.5, 0.6) is 0 Å². The summed E-state index contributed by atoms with van der Waals surface area (Å²) in [4.78, 5) is 0. The Morgan fingerprint density at radius 1 is 0.255 bits per heavy atom. The van der Waals surface area contributed by atoms with Crippen molar-refractivity contribution in [2.24, 2.45) is 0 Å². The summed E-state index contributed by atoms with van der Waals surface area (Å²) in [6, 6.07) is 72.2. The van der Waals surface area contributed by atoms with E-state index in [0.29, 0.717) is 0 Å². The Labute approximate surface area is 322 Å². The van der Waals surface area contributed by atoms with Gasteiger partial charge in [-0.15, -0.1) is 0 Å². The summed E-state index contributed by atoms with van der Waals surface area (Å²) >= 11 is 0. The summed E-state index contributed by atoms with van der Waals surface area (Å²) in [5, 5.41) is 10.1. The third kappa shape index (κ3) is 4.71. The maximum atomic E-state index is 2.49. The Hall–Kier alpha value is -6.76. The minimum Gasteiger partial charge on any atom is -0.0622 e. The van der Waals surface area contributed by atoms with Gasteiger partial charge in [-0.1, -0.05) is 196 Å². The molecule has 55 heavy (non-hydrogen) atoms. The fourth-order valence-electron chi connectivity index (χ4n) is 9.78. The summed E-state index contributed by atoms with van der Waals surface area (Å²) in [6.45, 7) is 4.76. The summed E-state index contributed by atoms with van der Waals surface area (Å²) < 4.78 is 0. The van der Waals surface area contributed by atoms with Crippen molar-refractivity contribution in [3.63, 3.8) is 0 Å². The van der Waals surface area contributed by atoms with Gasteiger partial charge < -0.3 is 0 Å². The topological polar surface area (TPSA) is 0 Å². The van der Waals surface area contributed by atoms with E-state index in [1.165, 1.54) is 110 Å². The van der Waals surface area contributed by atoms with Gasteiger partial charge in [-0.2, -0.15) is 0 Å². The molecule has 0 fully saturated rings. The molecule has 0 spiro atoms. The number of fused-ring (bicyclic) bond motifs is 7. The van der Waals surface area contributed by atoms with Crippen molar-refractivity contribution < 1.29 is 0 Å². The van der Waals surface area contributed by atoms with Crippen molar-refractivity contribution in [2.45, 2.75) is 19.3 Å². The second-order valence-electron chi connectivity index (χ2n) is 15.6. The van der Waals surface area contributed by atoms with E-state index in [-0.39, 0.29) is 5.41 Å². The van der Waals surface area contributed by atoms with E-state index in [1.807, 2.05) is 0 Å². The van der Waals surface area contributed by atoms with Crippen molar-refractivity contribution in [1.82, 2.24) is 0 Å². The van der Waals surface area contributed by atoms with E-state index in [0.717, 1.165) is 0 Å². The molecule has 0 aromatic heterocycles. The molecule has 11 rings (SSSR count). The summed E-state index contributed by atoms with van der Waals surface area (Å²) in [5.41, 5.74) is 15.5. The van der Waals surface area contributed by atoms with E-state index in [4.69, 9.17) is 0 Å². The van der Waals surface area contributed by atoms with Crippen molar-refractivity contribution in [2.75, 3.05) is 0 Å². The van der Waals surface area contributed by atoms with Gasteiger partial charge in [0.05, 0.1) is 0 Å². The SMILES string of the molecule is CC1(C)c2ccccc2-c2ccc(-c3c4ccccc4c(-c4ccccc4)c4ccc(-c5c6ccccc6c(-c6ccccc6)c6ccccc56)cc34)cc21. The second kappa shape index (κ2) is 12.1. The molecule has 10 aromatic rings. The zero-order chi connectivity index (χ0) is 36.7. The molecule has 0 nitrogen and oxygen atoms in total. The predicted molar refractivity (Wildman–Crippen MR) is 236 cm³/mol. The highest BCUT2D eigenvalue weighted by Gasteiger charge is 2.35. The van der Waals surface area contributed by atoms with E-state index in [2.05, 4.69) is 208 Å². The highest BCUT2D eigenvalue weighted by atomic mass is 14.4. The molecule has 1 aliphatic carbocycles. The quantitative estimate of drug-likeness (QED) is 0.161. The van der Waals surface area contributed by atoms with Crippen LogP contribution in [0.2, 0.25) is 0 Å². The van der Waals surface area contributed by atoms with Crippen LogP contribution in [-0.4, -0.2) is 0 Å². The molecule has 0 amide bonds. The summed E-state index contributed by atoms with van der Waals surface area (Å²) in [6.07, 6.45) is 0. The van der Waals surface area contributed by atoms with Crippen LogP contribution >= 0.6 is 0 Å². The second-order valence-corrected chi connectivity index (χ2v) is 15.6. The van der Waals surface area contributed by atoms with Crippen LogP contribution in [0.15, 0.2) is 194 Å². The van der Waals surface area contributed by atoms with Crippen molar-refractivity contribution in [3.05, 3.63) is 205 Å². The van der Waals surface area contributed by atoms with Gasteiger partial charge in [-0.3, -0.25) is 0 Å². The molecule has 0 heteroatoms. The van der Waals surface area contributed by atoms with Crippen LogP contribution < -0.4 is 0 Å². The first-order valence-corrected chi connectivity index (χ1v) is 19.4. The molecule has 1 aliphatic rings. The fourth-order valence-corrected chi connectivity index (χ4v) is 9.78. The Kier molecular flexibility index (Phi) is 7.00. The first kappa shape index (κ1) is 31.7. The molecule has 0 heterocycles. The van der Waals surface area contributed by atoms with Gasteiger partial charge in [0.15, 0.2) is 0 Å². The van der Waals surface area contributed by atoms with Gasteiger partial charge in [0.2, 0.25) is 0 Å². The molecular weight excluding hydrogens is 661 g/mol. The average molecular weight is 699 g/mol. The Balaban J connectivity index is 1.26. The Morgan fingerprint density at radius 3 is 1.15 bits per heavy atom. The summed E-state index contributed by atoms with van der Waals surface area (Å²) in [7, 11) is 0. The number of benzene rings is 10. The van der Waals surface area contributed by atoms with E-state index in [9.17, 15) is 0 Å². The van der Waals surface area contributed by atoms with Crippen LogP contribution in [0.1, 0.15) is 25.0 Å². The van der Waals surface area contributed by atoms with Gasteiger partial charge in [0, 0.05) is 5.41 Å². The molecule has 0 unspecified atom stereocenters. The lowest BCUT2D eigenvalue weighted by Crippen LogP contribution is -2.14. The van der Waals surface area contributed by atoms with Crippen LogP contribution in [-0.2, 0) is 5.41 Å². The van der Waals surface area contributed by atoms with Crippen molar-refractivity contribution >= 4 is 43.1 Å². The standard InChI is InChI=1S/C55H38/c1-55(2)49-28-16-15-21-39(49)40-31-29-38(34-50(40)55)54-46-27-14-11-24-43(46)52(36-19-7-4-8-20-36)47-32-30-37(33-48(47)54)53-44-25-12-9-22-41(44)51(35-17-5-3-6-18-35)42-23-10-13-26-45(42)53/h3-34H,1-2H3. The predicted octanol–water partition coefficient (Wildman–Crippen LogP) is 15.3. The van der Waals surface area contributed by atoms with Crippen LogP contribution in [0.25, 0.3) is 98.7 Å². The maximum Gasteiger partial charge on any atom is 0.0159 e. The van der Waals surface area contributed by atoms with Crippen molar-refractivity contribution in [3.8, 4) is 55.6 Å². The summed E-state index contributed by atoms with van der Waals surface area (Å²) in [5.74, 6) is 0. The lowest BCUT2D eigenvalue weighted by Gasteiger charge is -2.23. The van der Waals surface area contributed by atoms with Crippen molar-refractivity contribution in [1.29, 1.82) is 0 Å². The molecule has 0 saturated heterocycles. The van der Waals surface area contributed by atoms with E-state index in [1.54, 1.807) is 0 Å². The number of rotatable bonds is 4. The lowest BCUT2D eigenvalue weighted by atomic mass is 9.80. The smallest absolute Gasteiger partial charge is 0.0159 e. The lowest BCUT2D eigenvalue weighted by molar-refractivity contribution is 0.660. The Bertz CT molecular complexity index is 3090. The van der Waals surface area contributed by atoms with Gasteiger partial charge in [0.25, 0.3) is 0 Å². The Morgan fingerprint density at radius 2 is 0.618 bits per heavy atom. The number of hydrogen-bond donors (Lipinski definition) is 0. The molecule has 0 radical (unpaired) electrons. The monoisotopic (exact) mass is 698 g/mol. The molecule has 258 valence electrons. The van der Waals surface area contributed by atoms with E-state index >= 15 is 0 Å². The molecular formula is C55H38. The highest BCUT2D eigenvalue weighted by Crippen LogP contribution is 2.52. The molecule has 0 N–H and O–H groups in total. The van der Waals surface area contributed by atoms with Crippen LogP contribution in [0.3, 0.4) is 0 Å². The molecule has 0 atom stereocenters. The first-order chi connectivity index (χ1) is 27.1. The zero-order valence-corrected chi connectivity index (χ0v) is 31.0. The minimum atomic E-state index is -0.0962. The van der Waals surface area contributed by atoms with E-state index < -0.39 is 0 Å². The largest absolute Gasteiger partial charge is 0.0622 e. The maximum absolute atomic E-state index is 2.49. The van der Waals surface area contributed by atoms with Crippen LogP contribution in [0, 0.1) is 0 Å². The zero-order valence-electron chi connectivity index (χ0n) is 31.0. The molecule has 0 bridgehead atoms. The van der Waals surface area contributed by atoms with Gasteiger partial charge in [-0.05, 0) is 122 Å². The molecule has 0 aliphatic heterocycles. The highest BCUT2D eigenvalue weighted by molar-refractivity contribution is 6.25. The third-order valence-corrected chi connectivity index (χ3v) is 12.2. The van der Waals surface area contributed by atoms with Gasteiger partial charge >= 0.3 is 0 Å². The van der Waals surface area contributed by atoms with Gasteiger partial charge in [0.1, 0.15) is 0 Å².